The lowest BCUT2D eigenvalue weighted by Crippen LogP contribution is -2.23. The molecule has 0 aliphatic rings. The van der Waals surface area contributed by atoms with Crippen molar-refractivity contribution in [2.75, 3.05) is 0 Å². The quantitative estimate of drug-likeness (QED) is 0.340. The fourth-order valence-electron chi connectivity index (χ4n) is 2.93. The zero-order valence-electron chi connectivity index (χ0n) is 14.8. The van der Waals surface area contributed by atoms with Crippen molar-refractivity contribution >= 4 is 5.97 Å². The van der Waals surface area contributed by atoms with Crippen LogP contribution in [0.1, 0.15) is 110 Å². The van der Waals surface area contributed by atoms with Gasteiger partial charge in [-0.3, -0.25) is 4.79 Å². The number of rotatable bonds is 17. The largest absolute Gasteiger partial charge is 0.481 e. The SMILES string of the molecule is CCCCCCCCCCCCCCCCC(N)CC(=O)O. The van der Waals surface area contributed by atoms with E-state index >= 15 is 0 Å². The Morgan fingerprint density at radius 2 is 1.14 bits per heavy atom. The predicted molar refractivity (Wildman–Crippen MR) is 95.2 cm³/mol. The highest BCUT2D eigenvalue weighted by Gasteiger charge is 2.06. The standard InChI is InChI=1S/C19H39NO2/c1-2-3-4-5-6-7-8-9-10-11-12-13-14-15-16-18(20)17-19(21)22/h18H,2-17,20H2,1H3,(H,21,22). The molecule has 0 fully saturated rings. The molecule has 0 aromatic heterocycles. The van der Waals surface area contributed by atoms with Crippen LogP contribution in [0.4, 0.5) is 0 Å². The normalized spacial score (nSPS) is 12.5. The Labute approximate surface area is 138 Å². The summed E-state index contributed by atoms with van der Waals surface area (Å²) in [6.45, 7) is 2.27. The Hall–Kier alpha value is -0.570. The maximum atomic E-state index is 10.5. The molecule has 0 amide bonds. The molecule has 0 radical (unpaired) electrons. The van der Waals surface area contributed by atoms with Gasteiger partial charge in [0.1, 0.15) is 0 Å². The average molecular weight is 314 g/mol. The molecule has 0 aliphatic heterocycles. The predicted octanol–water partition coefficient (Wildman–Crippen LogP) is 5.66. The number of aliphatic carboxylic acids is 1. The van der Waals surface area contributed by atoms with Crippen LogP contribution in [0.15, 0.2) is 0 Å². The summed E-state index contributed by atoms with van der Waals surface area (Å²) < 4.78 is 0. The van der Waals surface area contributed by atoms with Crippen molar-refractivity contribution in [1.82, 2.24) is 0 Å². The van der Waals surface area contributed by atoms with E-state index in [-0.39, 0.29) is 12.5 Å². The highest BCUT2D eigenvalue weighted by Crippen LogP contribution is 2.13. The summed E-state index contributed by atoms with van der Waals surface area (Å²) in [6.07, 6.45) is 19.8. The first-order chi connectivity index (χ1) is 10.7. The number of unbranched alkanes of at least 4 members (excludes halogenated alkanes) is 13. The van der Waals surface area contributed by atoms with Gasteiger partial charge >= 0.3 is 5.97 Å². The molecule has 3 nitrogen and oxygen atoms in total. The summed E-state index contributed by atoms with van der Waals surface area (Å²) in [5.74, 6) is -0.780. The van der Waals surface area contributed by atoms with Crippen LogP contribution in [0, 0.1) is 0 Å². The number of hydrogen-bond acceptors (Lipinski definition) is 2. The Morgan fingerprint density at radius 3 is 1.50 bits per heavy atom. The van der Waals surface area contributed by atoms with Crippen LogP contribution in [0.2, 0.25) is 0 Å². The molecule has 1 unspecified atom stereocenters. The van der Waals surface area contributed by atoms with Gasteiger partial charge in [-0.05, 0) is 6.42 Å². The van der Waals surface area contributed by atoms with E-state index in [1.807, 2.05) is 0 Å². The molecule has 132 valence electrons. The molecule has 0 rings (SSSR count). The lowest BCUT2D eigenvalue weighted by Gasteiger charge is -2.08. The fourth-order valence-corrected chi connectivity index (χ4v) is 2.93. The Morgan fingerprint density at radius 1 is 0.773 bits per heavy atom. The van der Waals surface area contributed by atoms with Gasteiger partial charge in [-0.1, -0.05) is 96.8 Å². The summed E-state index contributed by atoms with van der Waals surface area (Å²) in [5.41, 5.74) is 5.74. The van der Waals surface area contributed by atoms with Crippen molar-refractivity contribution in [3.05, 3.63) is 0 Å². The Balaban J connectivity index is 3.07. The minimum absolute atomic E-state index is 0.110. The molecule has 0 aromatic rings. The van der Waals surface area contributed by atoms with Crippen molar-refractivity contribution in [3.8, 4) is 0 Å². The molecular weight excluding hydrogens is 274 g/mol. The van der Waals surface area contributed by atoms with Crippen molar-refractivity contribution in [2.45, 2.75) is 116 Å². The minimum Gasteiger partial charge on any atom is -0.481 e. The molecule has 0 saturated heterocycles. The fraction of sp³-hybridized carbons (Fsp3) is 0.947. The van der Waals surface area contributed by atoms with Crippen molar-refractivity contribution < 1.29 is 9.90 Å². The third-order valence-electron chi connectivity index (χ3n) is 4.37. The Bertz CT molecular complexity index is 244. The van der Waals surface area contributed by atoms with Crippen LogP contribution in [0.25, 0.3) is 0 Å². The maximum absolute atomic E-state index is 10.5. The summed E-state index contributed by atoms with van der Waals surface area (Å²) in [4.78, 5) is 10.5. The van der Waals surface area contributed by atoms with Crippen LogP contribution in [0.5, 0.6) is 0 Å². The number of carboxylic acid groups (broad SMARTS) is 1. The van der Waals surface area contributed by atoms with Gasteiger partial charge in [-0.2, -0.15) is 0 Å². The molecule has 3 heteroatoms. The van der Waals surface area contributed by atoms with Crippen LogP contribution in [0.3, 0.4) is 0 Å². The second-order valence-electron chi connectivity index (χ2n) is 6.74. The van der Waals surface area contributed by atoms with Crippen LogP contribution < -0.4 is 5.73 Å². The second-order valence-corrected chi connectivity index (χ2v) is 6.74. The summed E-state index contributed by atoms with van der Waals surface area (Å²) >= 11 is 0. The molecular formula is C19H39NO2. The molecule has 3 N–H and O–H groups in total. The lowest BCUT2D eigenvalue weighted by atomic mass is 10.0. The van der Waals surface area contributed by atoms with E-state index in [9.17, 15) is 4.79 Å². The summed E-state index contributed by atoms with van der Waals surface area (Å²) in [7, 11) is 0. The second kappa shape index (κ2) is 16.8. The third-order valence-corrected chi connectivity index (χ3v) is 4.37. The Kier molecular flexibility index (Phi) is 16.4. The van der Waals surface area contributed by atoms with Crippen molar-refractivity contribution in [2.24, 2.45) is 5.73 Å². The van der Waals surface area contributed by atoms with E-state index in [0.29, 0.717) is 0 Å². The van der Waals surface area contributed by atoms with Crippen LogP contribution in [-0.4, -0.2) is 17.1 Å². The topological polar surface area (TPSA) is 63.3 Å². The zero-order chi connectivity index (χ0) is 16.5. The first-order valence-corrected chi connectivity index (χ1v) is 9.64. The number of hydrogen-bond donors (Lipinski definition) is 2. The maximum Gasteiger partial charge on any atom is 0.304 e. The van der Waals surface area contributed by atoms with E-state index < -0.39 is 5.97 Å². The van der Waals surface area contributed by atoms with E-state index in [0.717, 1.165) is 12.8 Å². The van der Waals surface area contributed by atoms with Crippen LogP contribution in [-0.2, 0) is 4.79 Å². The van der Waals surface area contributed by atoms with E-state index in [1.54, 1.807) is 0 Å². The molecule has 1 atom stereocenters. The number of nitrogens with two attached hydrogens (primary N) is 1. The van der Waals surface area contributed by atoms with Gasteiger partial charge < -0.3 is 10.8 Å². The van der Waals surface area contributed by atoms with Gasteiger partial charge in [-0.15, -0.1) is 0 Å². The van der Waals surface area contributed by atoms with Gasteiger partial charge in [0.25, 0.3) is 0 Å². The average Bonchev–Trinajstić information content (AvgIpc) is 2.47. The highest BCUT2D eigenvalue weighted by atomic mass is 16.4. The van der Waals surface area contributed by atoms with Gasteiger partial charge in [0.2, 0.25) is 0 Å². The number of carboxylic acids is 1. The van der Waals surface area contributed by atoms with Crippen LogP contribution >= 0.6 is 0 Å². The molecule has 0 saturated carbocycles. The molecule has 0 aromatic carbocycles. The first kappa shape index (κ1) is 21.4. The van der Waals surface area contributed by atoms with Gasteiger partial charge in [0.15, 0.2) is 0 Å². The van der Waals surface area contributed by atoms with E-state index in [2.05, 4.69) is 6.92 Å². The van der Waals surface area contributed by atoms with E-state index in [4.69, 9.17) is 10.8 Å². The highest BCUT2D eigenvalue weighted by molar-refractivity contribution is 5.67. The molecule has 22 heavy (non-hydrogen) atoms. The minimum atomic E-state index is -0.780. The van der Waals surface area contributed by atoms with Crippen molar-refractivity contribution in [1.29, 1.82) is 0 Å². The molecule has 0 aliphatic carbocycles. The summed E-state index contributed by atoms with van der Waals surface area (Å²) in [5, 5.41) is 8.62. The first-order valence-electron chi connectivity index (χ1n) is 9.64. The van der Waals surface area contributed by atoms with Gasteiger partial charge in [0, 0.05) is 6.04 Å². The molecule has 0 bridgehead atoms. The lowest BCUT2D eigenvalue weighted by molar-refractivity contribution is -0.137. The van der Waals surface area contributed by atoms with Gasteiger partial charge in [-0.25, -0.2) is 0 Å². The van der Waals surface area contributed by atoms with Crippen molar-refractivity contribution in [3.63, 3.8) is 0 Å². The zero-order valence-corrected chi connectivity index (χ0v) is 14.8. The molecule has 0 spiro atoms. The third kappa shape index (κ3) is 17.5. The number of carbonyl (C=O) groups is 1. The molecule has 0 heterocycles. The monoisotopic (exact) mass is 313 g/mol. The summed E-state index contributed by atoms with van der Waals surface area (Å²) in [6, 6.07) is -0.158. The smallest absolute Gasteiger partial charge is 0.304 e. The van der Waals surface area contributed by atoms with Gasteiger partial charge in [0.05, 0.1) is 6.42 Å². The van der Waals surface area contributed by atoms with E-state index in [1.165, 1.54) is 83.5 Å².